The maximum absolute atomic E-state index is 12.2. The predicted octanol–water partition coefficient (Wildman–Crippen LogP) is 4.19. The fourth-order valence-corrected chi connectivity index (χ4v) is 5.01. The highest BCUT2D eigenvalue weighted by Crippen LogP contribution is 2.41. The number of anilines is 1. The van der Waals surface area contributed by atoms with E-state index in [4.69, 9.17) is 32.9 Å². The molecule has 0 radical (unpaired) electrons. The van der Waals surface area contributed by atoms with Gasteiger partial charge in [0.15, 0.2) is 11.2 Å². The van der Waals surface area contributed by atoms with Crippen LogP contribution in [0, 0.1) is 5.41 Å². The third-order valence-corrected chi connectivity index (χ3v) is 6.58. The van der Waals surface area contributed by atoms with Crippen LogP contribution < -0.4 is 4.90 Å². The first-order valence-corrected chi connectivity index (χ1v) is 11.5. The summed E-state index contributed by atoms with van der Waals surface area (Å²) in [7, 11) is 0. The summed E-state index contributed by atoms with van der Waals surface area (Å²) in [6.07, 6.45) is 1.44. The number of carbonyl (C=O) groups excluding carboxylic acids is 1. The van der Waals surface area contributed by atoms with Gasteiger partial charge < -0.3 is 14.5 Å². The molecule has 5 rings (SSSR count). The summed E-state index contributed by atoms with van der Waals surface area (Å²) in [5.74, 6) is 0.627. The van der Waals surface area contributed by atoms with E-state index in [1.54, 1.807) is 27.9 Å². The zero-order valence-electron chi connectivity index (χ0n) is 18.9. The number of likely N-dealkylation sites (tertiary alicyclic amines) is 1. The van der Waals surface area contributed by atoms with Gasteiger partial charge in [-0.1, -0.05) is 34.5 Å². The Kier molecular flexibility index (Phi) is 5.17. The van der Waals surface area contributed by atoms with E-state index >= 15 is 0 Å². The zero-order valence-corrected chi connectivity index (χ0v) is 20.4. The van der Waals surface area contributed by atoms with Crippen LogP contribution in [0.4, 0.5) is 10.7 Å². The highest BCUT2D eigenvalue weighted by Gasteiger charge is 2.54. The third kappa shape index (κ3) is 4.08. The van der Waals surface area contributed by atoms with Crippen molar-refractivity contribution in [1.29, 1.82) is 0 Å². The molecule has 1 aromatic carbocycles. The van der Waals surface area contributed by atoms with Crippen molar-refractivity contribution in [2.75, 3.05) is 31.1 Å². The number of hydrogen-bond acceptors (Lipinski definition) is 7. The Morgan fingerprint density at radius 3 is 2.58 bits per heavy atom. The van der Waals surface area contributed by atoms with Crippen LogP contribution in [0.15, 0.2) is 24.4 Å². The predicted molar refractivity (Wildman–Crippen MR) is 126 cm³/mol. The average molecular weight is 490 g/mol. The lowest BCUT2D eigenvalue weighted by molar-refractivity contribution is -0.0456. The van der Waals surface area contributed by atoms with Crippen molar-refractivity contribution in [2.24, 2.45) is 5.41 Å². The Balaban J connectivity index is 1.29. The summed E-state index contributed by atoms with van der Waals surface area (Å²) in [5, 5.41) is 9.65. The fourth-order valence-electron chi connectivity index (χ4n) is 4.44. The Hall–Kier alpha value is -2.65. The molecule has 0 N–H and O–H groups in total. The minimum absolute atomic E-state index is 0.0812. The van der Waals surface area contributed by atoms with Crippen molar-refractivity contribution in [1.82, 2.24) is 29.9 Å². The summed E-state index contributed by atoms with van der Waals surface area (Å²) in [6, 6.07) is 5.22. The number of halogens is 2. The molecular formula is C22H25Cl2N7O2. The van der Waals surface area contributed by atoms with Crippen molar-refractivity contribution in [3.8, 4) is 0 Å². The lowest BCUT2D eigenvalue weighted by Gasteiger charge is -2.59. The van der Waals surface area contributed by atoms with Gasteiger partial charge in [-0.25, -0.2) is 14.5 Å². The Labute approximate surface area is 201 Å². The second-order valence-corrected chi connectivity index (χ2v) is 10.8. The monoisotopic (exact) mass is 489 g/mol. The van der Waals surface area contributed by atoms with Crippen molar-refractivity contribution in [3.05, 3.63) is 40.0 Å². The van der Waals surface area contributed by atoms with Gasteiger partial charge in [0.05, 0.1) is 12.2 Å². The molecule has 1 amide bonds. The second kappa shape index (κ2) is 7.70. The molecule has 0 saturated carbocycles. The van der Waals surface area contributed by atoms with Crippen molar-refractivity contribution in [2.45, 2.75) is 39.3 Å². The number of ether oxygens (including phenoxy) is 1. The molecule has 1 atom stereocenters. The molecule has 33 heavy (non-hydrogen) atoms. The first-order valence-electron chi connectivity index (χ1n) is 10.8. The number of benzene rings is 1. The van der Waals surface area contributed by atoms with Gasteiger partial charge in [0.2, 0.25) is 5.95 Å². The van der Waals surface area contributed by atoms with Gasteiger partial charge in [0, 0.05) is 41.6 Å². The maximum atomic E-state index is 12.2. The minimum atomic E-state index is -0.487. The molecule has 2 aliphatic rings. The highest BCUT2D eigenvalue weighted by molar-refractivity contribution is 6.35. The second-order valence-electron chi connectivity index (χ2n) is 9.95. The van der Waals surface area contributed by atoms with Gasteiger partial charge in [-0.15, -0.1) is 5.10 Å². The average Bonchev–Trinajstić information content (AvgIpc) is 3.07. The van der Waals surface area contributed by atoms with Crippen molar-refractivity contribution >= 4 is 46.4 Å². The first kappa shape index (κ1) is 22.2. The van der Waals surface area contributed by atoms with Crippen LogP contribution >= 0.6 is 23.2 Å². The molecular weight excluding hydrogens is 465 g/mol. The molecule has 11 heteroatoms. The van der Waals surface area contributed by atoms with Crippen LogP contribution in [0.2, 0.25) is 10.0 Å². The summed E-state index contributed by atoms with van der Waals surface area (Å²) in [5.41, 5.74) is 1.73. The maximum Gasteiger partial charge on any atom is 0.410 e. The topological polar surface area (TPSA) is 89.3 Å². The zero-order chi connectivity index (χ0) is 23.5. The van der Waals surface area contributed by atoms with E-state index in [2.05, 4.69) is 20.2 Å². The van der Waals surface area contributed by atoms with Gasteiger partial charge in [0.1, 0.15) is 5.60 Å². The quantitative estimate of drug-likeness (QED) is 0.544. The Morgan fingerprint density at radius 2 is 1.91 bits per heavy atom. The summed E-state index contributed by atoms with van der Waals surface area (Å²) in [6.45, 7) is 10.6. The lowest BCUT2D eigenvalue weighted by Crippen LogP contribution is -2.73. The van der Waals surface area contributed by atoms with E-state index < -0.39 is 5.60 Å². The number of rotatable bonds is 3. The molecule has 3 aromatic rings. The van der Waals surface area contributed by atoms with E-state index in [9.17, 15) is 4.79 Å². The van der Waals surface area contributed by atoms with Crippen molar-refractivity contribution < 1.29 is 9.53 Å². The third-order valence-electron chi connectivity index (χ3n) is 6.02. The van der Waals surface area contributed by atoms with E-state index in [-0.39, 0.29) is 17.6 Å². The molecule has 0 bridgehead atoms. The summed E-state index contributed by atoms with van der Waals surface area (Å²) < 4.78 is 7.21. The van der Waals surface area contributed by atoms with E-state index in [1.165, 1.54) is 0 Å². The van der Waals surface area contributed by atoms with Crippen LogP contribution in [0.5, 0.6) is 0 Å². The molecule has 174 valence electrons. The number of hydrogen-bond donors (Lipinski definition) is 0. The molecule has 1 spiro atoms. The van der Waals surface area contributed by atoms with Gasteiger partial charge in [0.25, 0.3) is 0 Å². The summed E-state index contributed by atoms with van der Waals surface area (Å²) in [4.78, 5) is 25.3. The molecule has 4 heterocycles. The van der Waals surface area contributed by atoms with Crippen molar-refractivity contribution in [3.63, 3.8) is 0 Å². The van der Waals surface area contributed by atoms with Crippen LogP contribution in [0.3, 0.4) is 0 Å². The minimum Gasteiger partial charge on any atom is -0.444 e. The van der Waals surface area contributed by atoms with Crippen LogP contribution in [0.1, 0.15) is 39.3 Å². The van der Waals surface area contributed by atoms with Gasteiger partial charge in [-0.2, -0.15) is 4.98 Å². The van der Waals surface area contributed by atoms with Crippen LogP contribution in [0.25, 0.3) is 11.2 Å². The largest absolute Gasteiger partial charge is 0.444 e. The summed E-state index contributed by atoms with van der Waals surface area (Å²) >= 11 is 12.4. The highest BCUT2D eigenvalue weighted by atomic mass is 35.5. The molecule has 0 unspecified atom stereocenters. The Morgan fingerprint density at radius 1 is 1.18 bits per heavy atom. The number of nitrogens with zero attached hydrogens (tertiary/aromatic N) is 7. The van der Waals surface area contributed by atoms with E-state index in [0.717, 1.165) is 18.7 Å². The van der Waals surface area contributed by atoms with Crippen LogP contribution in [-0.2, 0) is 4.74 Å². The molecule has 2 saturated heterocycles. The normalized spacial score (nSPS) is 18.2. The fraction of sp³-hybridized carbons (Fsp3) is 0.500. The number of aromatic nitrogens is 5. The number of fused-ring (bicyclic) bond motifs is 1. The molecule has 0 aliphatic carbocycles. The standard InChI is InChI=1S/C22H25Cl2N7O2/c1-13(15-6-5-14(23)7-16(15)24)31-18-17(27-28-31)8-25-19(26-18)29-9-22(10-29)11-30(12-22)20(32)33-21(2,3)4/h5-8,13H,9-12H2,1-4H3/t13-/m1/s1. The molecule has 2 aliphatic heterocycles. The van der Waals surface area contributed by atoms with Gasteiger partial charge in [-0.3, -0.25) is 0 Å². The van der Waals surface area contributed by atoms with Crippen LogP contribution in [-0.4, -0.2) is 67.7 Å². The smallest absolute Gasteiger partial charge is 0.410 e. The Bertz CT molecular complexity index is 1230. The lowest BCUT2D eigenvalue weighted by atomic mass is 9.73. The molecule has 9 nitrogen and oxygen atoms in total. The molecule has 2 fully saturated rings. The van der Waals surface area contributed by atoms with E-state index in [0.29, 0.717) is 40.2 Å². The number of amides is 1. The van der Waals surface area contributed by atoms with Gasteiger partial charge >= 0.3 is 6.09 Å². The SMILES string of the molecule is C[C@H](c1ccc(Cl)cc1Cl)n1nnc2cnc(N3CC4(CN(C(=O)OC(C)(C)C)C4)C3)nc21. The number of carbonyl (C=O) groups is 1. The van der Waals surface area contributed by atoms with Gasteiger partial charge in [-0.05, 0) is 45.4 Å². The molecule has 2 aromatic heterocycles. The van der Waals surface area contributed by atoms with E-state index in [1.807, 2.05) is 33.8 Å². The first-order chi connectivity index (χ1) is 15.5.